The van der Waals surface area contributed by atoms with Crippen LogP contribution in [0.4, 0.5) is 5.69 Å². The van der Waals surface area contributed by atoms with Crippen LogP contribution in [0, 0.1) is 6.92 Å². The van der Waals surface area contributed by atoms with E-state index in [1.54, 1.807) is 24.3 Å². The molecule has 2 aromatic carbocycles. The van der Waals surface area contributed by atoms with Crippen molar-refractivity contribution < 1.29 is 13.5 Å². The molecule has 0 bridgehead atoms. The van der Waals surface area contributed by atoms with Crippen LogP contribution in [0.25, 0.3) is 11.1 Å². The van der Waals surface area contributed by atoms with Crippen molar-refractivity contribution in [1.29, 1.82) is 0 Å². The number of aliphatic hydroxyl groups excluding tert-OH is 1. The van der Waals surface area contributed by atoms with Crippen molar-refractivity contribution in [2.75, 3.05) is 12.3 Å². The zero-order valence-electron chi connectivity index (χ0n) is 13.3. The van der Waals surface area contributed by atoms with E-state index in [-0.39, 0.29) is 11.5 Å². The first-order valence-electron chi connectivity index (χ1n) is 7.47. The lowest BCUT2D eigenvalue weighted by Crippen LogP contribution is -2.36. The zero-order valence-corrected chi connectivity index (χ0v) is 14.1. The van der Waals surface area contributed by atoms with Gasteiger partial charge in [0.1, 0.15) is 0 Å². The van der Waals surface area contributed by atoms with Gasteiger partial charge in [-0.15, -0.1) is 0 Å². The van der Waals surface area contributed by atoms with E-state index in [4.69, 9.17) is 10.8 Å². The summed E-state index contributed by atoms with van der Waals surface area (Å²) in [5.41, 5.74) is 9.43. The second-order valence-corrected chi connectivity index (χ2v) is 7.22. The summed E-state index contributed by atoms with van der Waals surface area (Å²) in [7, 11) is -3.64. The van der Waals surface area contributed by atoms with Gasteiger partial charge in [0.05, 0.1) is 11.5 Å². The molecule has 1 unspecified atom stereocenters. The second-order valence-electron chi connectivity index (χ2n) is 5.51. The summed E-state index contributed by atoms with van der Waals surface area (Å²) in [4.78, 5) is 0.176. The number of aliphatic hydroxyl groups is 1. The third-order valence-corrected chi connectivity index (χ3v) is 5.31. The standard InChI is InChI=1S/C17H22N2O3S/c1-3-15(11-20)19-23(21,22)16-8-5-13(6-9-16)17-10-14(18)7-4-12(17)2/h4-10,15,19-20H,3,11,18H2,1-2H3. The van der Waals surface area contributed by atoms with Gasteiger partial charge in [0.15, 0.2) is 0 Å². The van der Waals surface area contributed by atoms with E-state index in [1.807, 2.05) is 32.0 Å². The molecule has 0 saturated carbocycles. The van der Waals surface area contributed by atoms with Crippen LogP contribution in [0.5, 0.6) is 0 Å². The van der Waals surface area contributed by atoms with Crippen LogP contribution < -0.4 is 10.5 Å². The van der Waals surface area contributed by atoms with Gasteiger partial charge >= 0.3 is 0 Å². The van der Waals surface area contributed by atoms with Gasteiger partial charge < -0.3 is 10.8 Å². The minimum atomic E-state index is -3.64. The van der Waals surface area contributed by atoms with Crippen LogP contribution in [0.1, 0.15) is 18.9 Å². The minimum Gasteiger partial charge on any atom is -0.399 e. The molecule has 0 aliphatic heterocycles. The van der Waals surface area contributed by atoms with E-state index in [0.717, 1.165) is 16.7 Å². The predicted octanol–water partition coefficient (Wildman–Crippen LogP) is 2.29. The molecule has 0 fully saturated rings. The monoisotopic (exact) mass is 334 g/mol. The van der Waals surface area contributed by atoms with Crippen molar-refractivity contribution in [3.63, 3.8) is 0 Å². The van der Waals surface area contributed by atoms with E-state index < -0.39 is 16.1 Å². The molecule has 0 saturated heterocycles. The lowest BCUT2D eigenvalue weighted by Gasteiger charge is -2.15. The first-order chi connectivity index (χ1) is 10.9. The number of hydrogen-bond acceptors (Lipinski definition) is 4. The molecule has 23 heavy (non-hydrogen) atoms. The average Bonchev–Trinajstić information content (AvgIpc) is 2.55. The number of nitrogen functional groups attached to an aromatic ring is 1. The van der Waals surface area contributed by atoms with E-state index >= 15 is 0 Å². The van der Waals surface area contributed by atoms with Crippen LogP contribution in [0.3, 0.4) is 0 Å². The Labute approximate surface area is 137 Å². The Balaban J connectivity index is 2.30. The number of hydrogen-bond donors (Lipinski definition) is 3. The van der Waals surface area contributed by atoms with Crippen molar-refractivity contribution >= 4 is 15.7 Å². The maximum absolute atomic E-state index is 12.3. The van der Waals surface area contributed by atoms with Gasteiger partial charge in [-0.3, -0.25) is 0 Å². The predicted molar refractivity (Wildman–Crippen MR) is 92.5 cm³/mol. The Morgan fingerprint density at radius 3 is 2.39 bits per heavy atom. The molecular formula is C17H22N2O3S. The highest BCUT2D eigenvalue weighted by Gasteiger charge is 2.18. The maximum atomic E-state index is 12.3. The summed E-state index contributed by atoms with van der Waals surface area (Å²) in [6.45, 7) is 3.57. The van der Waals surface area contributed by atoms with Gasteiger partial charge in [-0.2, -0.15) is 0 Å². The lowest BCUT2D eigenvalue weighted by molar-refractivity contribution is 0.254. The molecule has 0 amide bonds. The van der Waals surface area contributed by atoms with Crippen LogP contribution in [-0.4, -0.2) is 26.2 Å². The maximum Gasteiger partial charge on any atom is 0.240 e. The molecule has 0 aliphatic carbocycles. The zero-order chi connectivity index (χ0) is 17.0. The number of sulfonamides is 1. The third kappa shape index (κ3) is 4.10. The molecular weight excluding hydrogens is 312 g/mol. The molecule has 0 heterocycles. The van der Waals surface area contributed by atoms with Crippen molar-refractivity contribution in [3.8, 4) is 11.1 Å². The quantitative estimate of drug-likeness (QED) is 0.707. The smallest absolute Gasteiger partial charge is 0.240 e. The molecule has 2 rings (SSSR count). The lowest BCUT2D eigenvalue weighted by atomic mass is 10.0. The van der Waals surface area contributed by atoms with E-state index in [2.05, 4.69) is 4.72 Å². The van der Waals surface area contributed by atoms with Gasteiger partial charge in [0, 0.05) is 11.7 Å². The number of anilines is 1. The van der Waals surface area contributed by atoms with Gasteiger partial charge in [0.25, 0.3) is 0 Å². The number of aryl methyl sites for hydroxylation is 1. The molecule has 124 valence electrons. The number of nitrogens with two attached hydrogens (primary N) is 1. The summed E-state index contributed by atoms with van der Waals surface area (Å²) in [5, 5.41) is 9.15. The fraction of sp³-hybridized carbons (Fsp3) is 0.294. The Hall–Kier alpha value is -1.89. The molecule has 1 atom stereocenters. The van der Waals surface area contributed by atoms with Gasteiger partial charge in [-0.1, -0.05) is 25.1 Å². The highest BCUT2D eigenvalue weighted by atomic mass is 32.2. The summed E-state index contributed by atoms with van der Waals surface area (Å²) in [6.07, 6.45) is 0.524. The molecule has 0 radical (unpaired) electrons. The number of benzene rings is 2. The Bertz CT molecular complexity index is 767. The normalized spacial score (nSPS) is 13.0. The van der Waals surface area contributed by atoms with Crippen LogP contribution in [-0.2, 0) is 10.0 Å². The molecule has 5 nitrogen and oxygen atoms in total. The fourth-order valence-corrected chi connectivity index (χ4v) is 3.61. The summed E-state index contributed by atoms with van der Waals surface area (Å²) < 4.78 is 27.1. The average molecular weight is 334 g/mol. The third-order valence-electron chi connectivity index (χ3n) is 3.77. The van der Waals surface area contributed by atoms with Crippen molar-refractivity contribution in [1.82, 2.24) is 4.72 Å². The molecule has 4 N–H and O–H groups in total. The van der Waals surface area contributed by atoms with Gasteiger partial charge in [0.2, 0.25) is 10.0 Å². The van der Waals surface area contributed by atoms with Crippen molar-refractivity contribution in [3.05, 3.63) is 48.0 Å². The first kappa shape index (κ1) is 17.5. The topological polar surface area (TPSA) is 92.4 Å². The Kier molecular flexibility index (Phi) is 5.41. The summed E-state index contributed by atoms with van der Waals surface area (Å²) >= 11 is 0. The highest BCUT2D eigenvalue weighted by molar-refractivity contribution is 7.89. The minimum absolute atomic E-state index is 0.176. The highest BCUT2D eigenvalue weighted by Crippen LogP contribution is 2.26. The first-order valence-corrected chi connectivity index (χ1v) is 8.95. The largest absolute Gasteiger partial charge is 0.399 e. The van der Waals surface area contributed by atoms with Gasteiger partial charge in [-0.25, -0.2) is 13.1 Å². The van der Waals surface area contributed by atoms with Crippen molar-refractivity contribution in [2.24, 2.45) is 0 Å². The van der Waals surface area contributed by atoms with Crippen LogP contribution in [0.15, 0.2) is 47.4 Å². The van der Waals surface area contributed by atoms with Crippen LogP contribution >= 0.6 is 0 Å². The molecule has 2 aromatic rings. The molecule has 0 spiro atoms. The summed E-state index contributed by atoms with van der Waals surface area (Å²) in [5.74, 6) is 0. The Morgan fingerprint density at radius 2 is 1.83 bits per heavy atom. The second kappa shape index (κ2) is 7.12. The number of nitrogens with one attached hydrogen (secondary N) is 1. The molecule has 0 aromatic heterocycles. The molecule has 6 heteroatoms. The van der Waals surface area contributed by atoms with E-state index in [0.29, 0.717) is 12.1 Å². The summed E-state index contributed by atoms with van der Waals surface area (Å²) in [6, 6.07) is 11.8. The van der Waals surface area contributed by atoms with Gasteiger partial charge in [-0.05, 0) is 54.3 Å². The van der Waals surface area contributed by atoms with Crippen molar-refractivity contribution in [2.45, 2.75) is 31.2 Å². The van der Waals surface area contributed by atoms with Crippen LogP contribution in [0.2, 0.25) is 0 Å². The molecule has 0 aliphatic rings. The SMILES string of the molecule is CCC(CO)NS(=O)(=O)c1ccc(-c2cc(N)ccc2C)cc1. The number of rotatable bonds is 6. The Morgan fingerprint density at radius 1 is 1.17 bits per heavy atom. The van der Waals surface area contributed by atoms with E-state index in [1.165, 1.54) is 0 Å². The fourth-order valence-electron chi connectivity index (χ4n) is 2.30. The van der Waals surface area contributed by atoms with E-state index in [9.17, 15) is 8.42 Å².